The molecule has 1 saturated heterocycles. The van der Waals surface area contributed by atoms with Crippen molar-refractivity contribution in [2.24, 2.45) is 11.1 Å². The highest BCUT2D eigenvalue weighted by molar-refractivity contribution is 5.85. The standard InChI is InChI=1S/C14H22N2O.ClH/c1-14(11-15)7-8-16(12-14)9-10-17-13-5-3-2-4-6-13;/h2-6H,7-12,15H2,1H3;1H. The Bertz CT molecular complexity index is 347. The molecule has 4 heteroatoms. The highest BCUT2D eigenvalue weighted by Gasteiger charge is 2.31. The summed E-state index contributed by atoms with van der Waals surface area (Å²) >= 11 is 0. The topological polar surface area (TPSA) is 38.5 Å². The SMILES string of the molecule is CC1(CN)CCN(CCOc2ccccc2)C1.Cl. The third kappa shape index (κ3) is 4.16. The number of likely N-dealkylation sites (tertiary alicyclic amines) is 1. The molecule has 1 heterocycles. The lowest BCUT2D eigenvalue weighted by molar-refractivity contribution is 0.219. The zero-order valence-electron chi connectivity index (χ0n) is 11.0. The number of ether oxygens (including phenoxy) is 1. The molecule has 0 spiro atoms. The lowest BCUT2D eigenvalue weighted by Crippen LogP contribution is -2.33. The molecule has 1 unspecified atom stereocenters. The van der Waals surface area contributed by atoms with Gasteiger partial charge in [-0.05, 0) is 37.1 Å². The number of rotatable bonds is 5. The monoisotopic (exact) mass is 270 g/mol. The maximum atomic E-state index is 5.79. The molecule has 0 bridgehead atoms. The van der Waals surface area contributed by atoms with Gasteiger partial charge in [0, 0.05) is 13.1 Å². The quantitative estimate of drug-likeness (QED) is 0.891. The molecule has 1 aromatic carbocycles. The first kappa shape index (κ1) is 15.3. The molecule has 1 aromatic rings. The Labute approximate surface area is 116 Å². The Balaban J connectivity index is 0.00000162. The number of benzene rings is 1. The number of hydrogen-bond donors (Lipinski definition) is 1. The van der Waals surface area contributed by atoms with Gasteiger partial charge in [-0.1, -0.05) is 25.1 Å². The van der Waals surface area contributed by atoms with Crippen LogP contribution in [-0.2, 0) is 0 Å². The van der Waals surface area contributed by atoms with Gasteiger partial charge in [0.1, 0.15) is 12.4 Å². The second-order valence-electron chi connectivity index (χ2n) is 5.20. The van der Waals surface area contributed by atoms with Crippen molar-refractivity contribution in [3.05, 3.63) is 30.3 Å². The molecule has 0 radical (unpaired) electrons. The van der Waals surface area contributed by atoms with Crippen LogP contribution < -0.4 is 10.5 Å². The predicted octanol–water partition coefficient (Wildman–Crippen LogP) is 2.16. The van der Waals surface area contributed by atoms with Gasteiger partial charge < -0.3 is 10.5 Å². The summed E-state index contributed by atoms with van der Waals surface area (Å²) in [7, 11) is 0. The molecule has 0 amide bonds. The summed E-state index contributed by atoms with van der Waals surface area (Å²) in [5.74, 6) is 0.952. The summed E-state index contributed by atoms with van der Waals surface area (Å²) in [6.07, 6.45) is 1.20. The summed E-state index contributed by atoms with van der Waals surface area (Å²) in [6.45, 7) is 7.04. The zero-order valence-corrected chi connectivity index (χ0v) is 11.8. The van der Waals surface area contributed by atoms with Crippen molar-refractivity contribution in [2.45, 2.75) is 13.3 Å². The van der Waals surface area contributed by atoms with Crippen molar-refractivity contribution in [1.29, 1.82) is 0 Å². The number of nitrogens with zero attached hydrogens (tertiary/aromatic N) is 1. The summed E-state index contributed by atoms with van der Waals surface area (Å²) in [6, 6.07) is 9.98. The van der Waals surface area contributed by atoms with Crippen molar-refractivity contribution >= 4 is 12.4 Å². The Morgan fingerprint density at radius 2 is 2.06 bits per heavy atom. The molecule has 18 heavy (non-hydrogen) atoms. The van der Waals surface area contributed by atoms with Crippen molar-refractivity contribution in [2.75, 3.05) is 32.8 Å². The zero-order chi connectivity index (χ0) is 12.1. The van der Waals surface area contributed by atoms with Crippen LogP contribution in [0.1, 0.15) is 13.3 Å². The Morgan fingerprint density at radius 3 is 2.67 bits per heavy atom. The van der Waals surface area contributed by atoms with Crippen LogP contribution in [0.4, 0.5) is 0 Å². The minimum atomic E-state index is 0. The van der Waals surface area contributed by atoms with E-state index in [0.717, 1.165) is 38.5 Å². The normalized spacial score (nSPS) is 23.7. The molecule has 0 saturated carbocycles. The summed E-state index contributed by atoms with van der Waals surface area (Å²) < 4.78 is 5.70. The minimum Gasteiger partial charge on any atom is -0.492 e. The van der Waals surface area contributed by atoms with E-state index in [4.69, 9.17) is 10.5 Å². The molecule has 1 atom stereocenters. The average Bonchev–Trinajstić information content (AvgIpc) is 2.74. The molecular weight excluding hydrogens is 248 g/mol. The van der Waals surface area contributed by atoms with E-state index in [-0.39, 0.29) is 12.4 Å². The van der Waals surface area contributed by atoms with Crippen LogP contribution in [0.15, 0.2) is 30.3 Å². The predicted molar refractivity (Wildman–Crippen MR) is 77.4 cm³/mol. The van der Waals surface area contributed by atoms with Gasteiger partial charge in [0.25, 0.3) is 0 Å². The first-order chi connectivity index (χ1) is 8.22. The third-order valence-corrected chi connectivity index (χ3v) is 3.55. The van der Waals surface area contributed by atoms with Gasteiger partial charge in [-0.15, -0.1) is 12.4 Å². The van der Waals surface area contributed by atoms with E-state index < -0.39 is 0 Å². The van der Waals surface area contributed by atoms with Crippen molar-refractivity contribution < 1.29 is 4.74 Å². The van der Waals surface area contributed by atoms with E-state index in [0.29, 0.717) is 5.41 Å². The van der Waals surface area contributed by atoms with E-state index >= 15 is 0 Å². The summed E-state index contributed by atoms with van der Waals surface area (Å²) in [5.41, 5.74) is 6.10. The van der Waals surface area contributed by atoms with Crippen molar-refractivity contribution in [3.63, 3.8) is 0 Å². The van der Waals surface area contributed by atoms with Crippen LogP contribution in [-0.4, -0.2) is 37.7 Å². The van der Waals surface area contributed by atoms with Crippen LogP contribution in [0.25, 0.3) is 0 Å². The third-order valence-electron chi connectivity index (χ3n) is 3.55. The number of nitrogens with two attached hydrogens (primary N) is 1. The van der Waals surface area contributed by atoms with Gasteiger partial charge in [0.2, 0.25) is 0 Å². The smallest absolute Gasteiger partial charge is 0.119 e. The molecular formula is C14H23ClN2O. The second kappa shape index (κ2) is 6.98. The van der Waals surface area contributed by atoms with Crippen LogP contribution in [0.3, 0.4) is 0 Å². The minimum absolute atomic E-state index is 0. The molecule has 2 rings (SSSR count). The van der Waals surface area contributed by atoms with Crippen molar-refractivity contribution in [1.82, 2.24) is 4.90 Å². The number of halogens is 1. The molecule has 3 nitrogen and oxygen atoms in total. The largest absolute Gasteiger partial charge is 0.492 e. The molecule has 0 aliphatic carbocycles. The highest BCUT2D eigenvalue weighted by Crippen LogP contribution is 2.27. The molecule has 1 aliphatic heterocycles. The molecule has 102 valence electrons. The van der Waals surface area contributed by atoms with Crippen LogP contribution >= 0.6 is 12.4 Å². The van der Waals surface area contributed by atoms with Crippen LogP contribution in [0.5, 0.6) is 5.75 Å². The maximum Gasteiger partial charge on any atom is 0.119 e. The maximum absolute atomic E-state index is 5.79. The van der Waals surface area contributed by atoms with Crippen LogP contribution in [0, 0.1) is 5.41 Å². The van der Waals surface area contributed by atoms with E-state index in [1.807, 2.05) is 30.3 Å². The van der Waals surface area contributed by atoms with Gasteiger partial charge in [0.15, 0.2) is 0 Å². The Kier molecular flexibility index (Phi) is 5.93. The molecule has 1 fully saturated rings. The van der Waals surface area contributed by atoms with Gasteiger partial charge >= 0.3 is 0 Å². The van der Waals surface area contributed by atoms with Crippen LogP contribution in [0.2, 0.25) is 0 Å². The van der Waals surface area contributed by atoms with Gasteiger partial charge in [-0.25, -0.2) is 0 Å². The number of para-hydroxylation sites is 1. The molecule has 0 aromatic heterocycles. The van der Waals surface area contributed by atoms with E-state index in [1.54, 1.807) is 0 Å². The molecule has 2 N–H and O–H groups in total. The fourth-order valence-electron chi connectivity index (χ4n) is 2.29. The first-order valence-electron chi connectivity index (χ1n) is 6.32. The lowest BCUT2D eigenvalue weighted by atomic mass is 9.90. The summed E-state index contributed by atoms with van der Waals surface area (Å²) in [5, 5.41) is 0. The fraction of sp³-hybridized carbons (Fsp3) is 0.571. The average molecular weight is 271 g/mol. The van der Waals surface area contributed by atoms with E-state index in [1.165, 1.54) is 6.42 Å². The van der Waals surface area contributed by atoms with Gasteiger partial charge in [0.05, 0.1) is 0 Å². The van der Waals surface area contributed by atoms with Gasteiger partial charge in [-0.3, -0.25) is 4.90 Å². The highest BCUT2D eigenvalue weighted by atomic mass is 35.5. The Morgan fingerprint density at radius 1 is 1.33 bits per heavy atom. The molecule has 1 aliphatic rings. The second-order valence-corrected chi connectivity index (χ2v) is 5.20. The van der Waals surface area contributed by atoms with Gasteiger partial charge in [-0.2, -0.15) is 0 Å². The van der Waals surface area contributed by atoms with E-state index in [2.05, 4.69) is 11.8 Å². The first-order valence-corrected chi connectivity index (χ1v) is 6.32. The Hall–Kier alpha value is -0.770. The van der Waals surface area contributed by atoms with E-state index in [9.17, 15) is 0 Å². The number of hydrogen-bond acceptors (Lipinski definition) is 3. The van der Waals surface area contributed by atoms with Crippen molar-refractivity contribution in [3.8, 4) is 5.75 Å². The fourth-order valence-corrected chi connectivity index (χ4v) is 2.29. The summed E-state index contributed by atoms with van der Waals surface area (Å²) in [4.78, 5) is 2.44. The lowest BCUT2D eigenvalue weighted by Gasteiger charge is -2.22.